The van der Waals surface area contributed by atoms with Crippen LogP contribution in [-0.4, -0.2) is 30.3 Å². The van der Waals surface area contributed by atoms with Gasteiger partial charge in [0.05, 0.1) is 12.3 Å². The highest BCUT2D eigenvalue weighted by atomic mass is 16.6. The maximum atomic E-state index is 12.6. The fraction of sp³-hybridized carbons (Fsp3) is 0.556. The van der Waals surface area contributed by atoms with Crippen LogP contribution in [0.15, 0.2) is 24.3 Å². The maximum absolute atomic E-state index is 12.6. The topological polar surface area (TPSA) is 76.7 Å². The van der Waals surface area contributed by atoms with E-state index in [1.54, 1.807) is 32.9 Å². The second-order valence-corrected chi connectivity index (χ2v) is 6.79. The average Bonchev–Trinajstić information content (AvgIpc) is 2.45. The second-order valence-electron chi connectivity index (χ2n) is 6.79. The van der Waals surface area contributed by atoms with E-state index in [4.69, 9.17) is 9.47 Å². The molecule has 2 N–H and O–H groups in total. The van der Waals surface area contributed by atoms with Gasteiger partial charge in [-0.25, -0.2) is 4.79 Å². The third-order valence-corrected chi connectivity index (χ3v) is 3.07. The molecule has 6 nitrogen and oxygen atoms in total. The summed E-state index contributed by atoms with van der Waals surface area (Å²) in [6, 6.07) is 6.47. The smallest absolute Gasteiger partial charge is 0.408 e. The van der Waals surface area contributed by atoms with Gasteiger partial charge in [0.25, 0.3) is 0 Å². The number of amides is 2. The fourth-order valence-electron chi connectivity index (χ4n) is 2.03. The summed E-state index contributed by atoms with van der Waals surface area (Å²) in [5, 5.41) is 5.44. The standard InChI is InChI=1S/C18H28N2O4/c1-7-23-14-11-9-8-10-13(14)19-16(21)15(12(2)3)20-17(22)24-18(4,5)6/h8-12,15H,7H2,1-6H3,(H,19,21)(H,20,22). The summed E-state index contributed by atoms with van der Waals surface area (Å²) in [5.41, 5.74) is -0.0510. The van der Waals surface area contributed by atoms with Gasteiger partial charge in [-0.1, -0.05) is 26.0 Å². The minimum atomic E-state index is -0.713. The Morgan fingerprint density at radius 1 is 1.17 bits per heavy atom. The normalized spacial score (nSPS) is 12.5. The van der Waals surface area contributed by atoms with Gasteiger partial charge >= 0.3 is 6.09 Å². The van der Waals surface area contributed by atoms with Gasteiger partial charge in [-0.2, -0.15) is 0 Å². The Bertz CT molecular complexity index is 564. The van der Waals surface area contributed by atoms with Crippen LogP contribution in [0, 0.1) is 5.92 Å². The van der Waals surface area contributed by atoms with Crippen LogP contribution in [-0.2, 0) is 9.53 Å². The van der Waals surface area contributed by atoms with Crippen molar-refractivity contribution in [2.45, 2.75) is 53.2 Å². The van der Waals surface area contributed by atoms with E-state index in [0.29, 0.717) is 18.0 Å². The van der Waals surface area contributed by atoms with Crippen molar-refractivity contribution >= 4 is 17.7 Å². The highest BCUT2D eigenvalue weighted by molar-refractivity contribution is 5.97. The van der Waals surface area contributed by atoms with E-state index >= 15 is 0 Å². The summed E-state index contributed by atoms with van der Waals surface area (Å²) in [6.45, 7) is 11.4. The van der Waals surface area contributed by atoms with Crippen LogP contribution < -0.4 is 15.4 Å². The van der Waals surface area contributed by atoms with Crippen molar-refractivity contribution in [2.24, 2.45) is 5.92 Å². The second kappa shape index (κ2) is 8.57. The molecule has 0 saturated carbocycles. The van der Waals surface area contributed by atoms with E-state index in [1.165, 1.54) is 0 Å². The Balaban J connectivity index is 2.83. The van der Waals surface area contributed by atoms with Gasteiger partial charge in [0.2, 0.25) is 5.91 Å². The molecule has 6 heteroatoms. The van der Waals surface area contributed by atoms with Gasteiger partial charge in [-0.3, -0.25) is 4.79 Å². The number of nitrogens with one attached hydrogen (secondary N) is 2. The number of anilines is 1. The van der Waals surface area contributed by atoms with Gasteiger partial charge in [-0.15, -0.1) is 0 Å². The Labute approximate surface area is 143 Å². The molecule has 1 aromatic carbocycles. The SMILES string of the molecule is CCOc1ccccc1NC(=O)C(NC(=O)OC(C)(C)C)C(C)C. The van der Waals surface area contributed by atoms with Gasteiger partial charge in [-0.05, 0) is 45.7 Å². The molecule has 0 aliphatic heterocycles. The lowest BCUT2D eigenvalue weighted by atomic mass is 10.0. The van der Waals surface area contributed by atoms with Crippen LogP contribution in [0.5, 0.6) is 5.75 Å². The van der Waals surface area contributed by atoms with E-state index in [1.807, 2.05) is 32.9 Å². The van der Waals surface area contributed by atoms with Gasteiger partial charge in [0.15, 0.2) is 0 Å². The third-order valence-electron chi connectivity index (χ3n) is 3.07. The lowest BCUT2D eigenvalue weighted by molar-refractivity contribution is -0.119. The summed E-state index contributed by atoms with van der Waals surface area (Å²) < 4.78 is 10.7. The van der Waals surface area contributed by atoms with Crippen molar-refractivity contribution in [3.63, 3.8) is 0 Å². The number of hydrogen-bond donors (Lipinski definition) is 2. The van der Waals surface area contributed by atoms with Gasteiger partial charge < -0.3 is 20.1 Å². The minimum absolute atomic E-state index is 0.100. The van der Waals surface area contributed by atoms with Gasteiger partial charge in [0.1, 0.15) is 17.4 Å². The van der Waals surface area contributed by atoms with E-state index in [0.717, 1.165) is 0 Å². The molecule has 24 heavy (non-hydrogen) atoms. The molecule has 1 atom stereocenters. The largest absolute Gasteiger partial charge is 0.492 e. The maximum Gasteiger partial charge on any atom is 0.408 e. The van der Waals surface area contributed by atoms with E-state index in [2.05, 4.69) is 10.6 Å². The van der Waals surface area contributed by atoms with E-state index in [-0.39, 0.29) is 11.8 Å². The average molecular weight is 336 g/mol. The number of hydrogen-bond acceptors (Lipinski definition) is 4. The number of rotatable bonds is 6. The zero-order valence-corrected chi connectivity index (χ0v) is 15.3. The van der Waals surface area contributed by atoms with Crippen LogP contribution in [0.2, 0.25) is 0 Å². The van der Waals surface area contributed by atoms with Crippen molar-refractivity contribution in [1.82, 2.24) is 5.32 Å². The zero-order chi connectivity index (χ0) is 18.3. The molecule has 2 amide bonds. The molecule has 0 radical (unpaired) electrons. The van der Waals surface area contributed by atoms with Crippen molar-refractivity contribution in [3.05, 3.63) is 24.3 Å². The summed E-state index contributed by atoms with van der Waals surface area (Å²) in [4.78, 5) is 24.5. The molecule has 0 saturated heterocycles. The predicted octanol–water partition coefficient (Wildman–Crippen LogP) is 3.57. The minimum Gasteiger partial charge on any atom is -0.492 e. The van der Waals surface area contributed by atoms with Crippen molar-refractivity contribution in [2.75, 3.05) is 11.9 Å². The first-order valence-corrected chi connectivity index (χ1v) is 8.16. The zero-order valence-electron chi connectivity index (χ0n) is 15.3. The van der Waals surface area contributed by atoms with E-state index < -0.39 is 17.7 Å². The van der Waals surface area contributed by atoms with Crippen LogP contribution in [0.1, 0.15) is 41.5 Å². The Kier molecular flexibility index (Phi) is 7.07. The van der Waals surface area contributed by atoms with E-state index in [9.17, 15) is 9.59 Å². The lowest BCUT2D eigenvalue weighted by Gasteiger charge is -2.25. The monoisotopic (exact) mass is 336 g/mol. The number of para-hydroxylation sites is 2. The number of alkyl carbamates (subject to hydrolysis) is 1. The van der Waals surface area contributed by atoms with Crippen molar-refractivity contribution in [3.8, 4) is 5.75 Å². The molecular weight excluding hydrogens is 308 g/mol. The molecule has 0 bridgehead atoms. The first-order chi connectivity index (χ1) is 11.1. The first-order valence-electron chi connectivity index (χ1n) is 8.16. The third kappa shape index (κ3) is 6.48. The number of benzene rings is 1. The molecule has 0 aliphatic carbocycles. The lowest BCUT2D eigenvalue weighted by Crippen LogP contribution is -2.48. The van der Waals surface area contributed by atoms with Crippen LogP contribution in [0.4, 0.5) is 10.5 Å². The molecule has 1 unspecified atom stereocenters. The highest BCUT2D eigenvalue weighted by Gasteiger charge is 2.27. The van der Waals surface area contributed by atoms with Crippen molar-refractivity contribution in [1.29, 1.82) is 0 Å². The summed E-state index contributed by atoms with van der Waals surface area (Å²) in [5.74, 6) is 0.174. The molecule has 0 spiro atoms. The first kappa shape index (κ1) is 19.8. The number of carbonyl (C=O) groups excluding carboxylic acids is 2. The van der Waals surface area contributed by atoms with Crippen molar-refractivity contribution < 1.29 is 19.1 Å². The number of ether oxygens (including phenoxy) is 2. The molecule has 0 fully saturated rings. The molecule has 0 aromatic heterocycles. The van der Waals surface area contributed by atoms with Crippen LogP contribution in [0.25, 0.3) is 0 Å². The molecule has 0 aliphatic rings. The fourth-order valence-corrected chi connectivity index (χ4v) is 2.03. The Morgan fingerprint density at radius 2 is 1.79 bits per heavy atom. The molecule has 0 heterocycles. The molecule has 134 valence electrons. The predicted molar refractivity (Wildman–Crippen MR) is 94.2 cm³/mol. The molecule has 1 rings (SSSR count). The van der Waals surface area contributed by atoms with Crippen LogP contribution >= 0.6 is 0 Å². The quantitative estimate of drug-likeness (QED) is 0.832. The summed E-state index contributed by atoms with van der Waals surface area (Å²) >= 11 is 0. The molecule has 1 aromatic rings. The Morgan fingerprint density at radius 3 is 2.33 bits per heavy atom. The number of carbonyl (C=O) groups is 2. The Hall–Kier alpha value is -2.24. The summed E-state index contributed by atoms with van der Waals surface area (Å²) in [7, 11) is 0. The summed E-state index contributed by atoms with van der Waals surface area (Å²) in [6.07, 6.45) is -0.616. The highest BCUT2D eigenvalue weighted by Crippen LogP contribution is 2.24. The molecular formula is C18H28N2O4. The van der Waals surface area contributed by atoms with Gasteiger partial charge in [0, 0.05) is 0 Å². The van der Waals surface area contributed by atoms with Crippen LogP contribution in [0.3, 0.4) is 0 Å².